The molecule has 1 heterocycles. The Morgan fingerprint density at radius 3 is 2.59 bits per heavy atom. The second kappa shape index (κ2) is 12.1. The van der Waals surface area contributed by atoms with Crippen molar-refractivity contribution in [1.82, 2.24) is 10.2 Å². The van der Waals surface area contributed by atoms with Gasteiger partial charge in [-0.25, -0.2) is 4.39 Å². The topological polar surface area (TPSA) is 129 Å². The van der Waals surface area contributed by atoms with Crippen LogP contribution in [0.15, 0.2) is 48.0 Å². The molecule has 1 aliphatic carbocycles. The van der Waals surface area contributed by atoms with Crippen LogP contribution in [0.2, 0.25) is 0 Å². The van der Waals surface area contributed by atoms with Gasteiger partial charge in [0.15, 0.2) is 11.5 Å². The highest BCUT2D eigenvalue weighted by Gasteiger charge is 2.51. The maximum Gasteiger partial charge on any atom is 0.247 e. The molecule has 0 saturated carbocycles. The first-order valence-electron chi connectivity index (χ1n) is 13.0. The zero-order valence-electron chi connectivity index (χ0n) is 22.3. The third-order valence-corrected chi connectivity index (χ3v) is 7.06. The summed E-state index contributed by atoms with van der Waals surface area (Å²) in [4.78, 5) is 28.3. The standard InChI is InChI=1S/C29H35FN2O7/c1-16(2)10-24(35)32(14-18-6-4-5-7-21(18)30)22-13-20(29(37)31-8-9-33)25-19-11-17(15-34)12-23(38-3)27(19)39-28(25)26(22)36/h4-7,11-13,16,22,25-26,28,33-34,36H,8-10,14-15H2,1-3H3,(H,31,37). The minimum atomic E-state index is -1.28. The Labute approximate surface area is 226 Å². The van der Waals surface area contributed by atoms with Crippen LogP contribution in [0.3, 0.4) is 0 Å². The molecule has 0 aromatic heterocycles. The molecular weight excluding hydrogens is 507 g/mol. The maximum atomic E-state index is 14.7. The lowest BCUT2D eigenvalue weighted by Gasteiger charge is -2.41. The summed E-state index contributed by atoms with van der Waals surface area (Å²) in [7, 11) is 1.45. The Hall–Kier alpha value is -3.47. The van der Waals surface area contributed by atoms with Gasteiger partial charge in [-0.3, -0.25) is 9.59 Å². The molecule has 0 spiro atoms. The highest BCUT2D eigenvalue weighted by Crippen LogP contribution is 2.51. The lowest BCUT2D eigenvalue weighted by atomic mass is 9.77. The van der Waals surface area contributed by atoms with Crippen molar-refractivity contribution in [2.75, 3.05) is 20.3 Å². The summed E-state index contributed by atoms with van der Waals surface area (Å²) in [5, 5.41) is 33.4. The number of benzene rings is 2. The molecule has 4 atom stereocenters. The van der Waals surface area contributed by atoms with Gasteiger partial charge in [-0.2, -0.15) is 0 Å². The molecule has 2 aromatic carbocycles. The van der Waals surface area contributed by atoms with Gasteiger partial charge in [0.2, 0.25) is 11.8 Å². The van der Waals surface area contributed by atoms with E-state index in [-0.39, 0.29) is 55.7 Å². The average Bonchev–Trinajstić information content (AvgIpc) is 3.31. The molecule has 4 rings (SSSR count). The number of ether oxygens (including phenoxy) is 2. The Kier molecular flexibility index (Phi) is 8.89. The van der Waals surface area contributed by atoms with E-state index in [0.29, 0.717) is 22.6 Å². The Morgan fingerprint density at radius 1 is 1.21 bits per heavy atom. The zero-order chi connectivity index (χ0) is 28.3. The van der Waals surface area contributed by atoms with Gasteiger partial charge in [-0.1, -0.05) is 32.0 Å². The van der Waals surface area contributed by atoms with Crippen LogP contribution in [0.4, 0.5) is 4.39 Å². The van der Waals surface area contributed by atoms with Crippen LogP contribution < -0.4 is 14.8 Å². The van der Waals surface area contributed by atoms with Crippen molar-refractivity contribution in [3.63, 3.8) is 0 Å². The van der Waals surface area contributed by atoms with Gasteiger partial charge in [0.1, 0.15) is 18.0 Å². The van der Waals surface area contributed by atoms with Gasteiger partial charge < -0.3 is 35.0 Å². The molecule has 2 amide bonds. The first-order valence-corrected chi connectivity index (χ1v) is 13.0. The number of carbonyl (C=O) groups excluding carboxylic acids is 2. The van der Waals surface area contributed by atoms with E-state index >= 15 is 0 Å². The number of nitrogens with one attached hydrogen (secondary N) is 1. The average molecular weight is 543 g/mol. The van der Waals surface area contributed by atoms with Gasteiger partial charge >= 0.3 is 0 Å². The van der Waals surface area contributed by atoms with E-state index in [4.69, 9.17) is 9.47 Å². The van der Waals surface area contributed by atoms with Crippen molar-refractivity contribution in [1.29, 1.82) is 0 Å². The molecule has 2 aliphatic rings. The molecule has 4 N–H and O–H groups in total. The summed E-state index contributed by atoms with van der Waals surface area (Å²) in [5.41, 5.74) is 1.60. The third kappa shape index (κ3) is 5.78. The second-order valence-corrected chi connectivity index (χ2v) is 10.2. The molecule has 9 nitrogen and oxygen atoms in total. The van der Waals surface area contributed by atoms with Crippen LogP contribution in [0.5, 0.6) is 11.5 Å². The minimum absolute atomic E-state index is 0.000282. The summed E-state index contributed by atoms with van der Waals surface area (Å²) in [6.07, 6.45) is -0.557. The van der Waals surface area contributed by atoms with Crippen LogP contribution in [0.25, 0.3) is 0 Å². The molecule has 0 radical (unpaired) electrons. The van der Waals surface area contributed by atoms with Crippen molar-refractivity contribution in [2.24, 2.45) is 5.92 Å². The number of rotatable bonds is 10. The molecule has 210 valence electrons. The predicted molar refractivity (Wildman–Crippen MR) is 140 cm³/mol. The maximum absolute atomic E-state index is 14.7. The van der Waals surface area contributed by atoms with Crippen molar-refractivity contribution < 1.29 is 38.8 Å². The third-order valence-electron chi connectivity index (χ3n) is 7.06. The molecule has 10 heteroatoms. The quantitative estimate of drug-likeness (QED) is 0.362. The summed E-state index contributed by atoms with van der Waals surface area (Å²) >= 11 is 0. The summed E-state index contributed by atoms with van der Waals surface area (Å²) in [5.74, 6) is -1.36. The Balaban J connectivity index is 1.83. The number of halogens is 1. The fourth-order valence-corrected chi connectivity index (χ4v) is 5.26. The van der Waals surface area contributed by atoms with Gasteiger partial charge in [0, 0.05) is 36.2 Å². The molecule has 0 bridgehead atoms. The van der Waals surface area contributed by atoms with Gasteiger partial charge in [0.05, 0.1) is 32.3 Å². The smallest absolute Gasteiger partial charge is 0.247 e. The number of aliphatic hydroxyl groups is 3. The lowest BCUT2D eigenvalue weighted by molar-refractivity contribution is -0.138. The van der Waals surface area contributed by atoms with Crippen molar-refractivity contribution in [3.05, 3.63) is 70.6 Å². The van der Waals surface area contributed by atoms with Gasteiger partial charge in [0.25, 0.3) is 0 Å². The number of carbonyl (C=O) groups is 2. The molecule has 39 heavy (non-hydrogen) atoms. The largest absolute Gasteiger partial charge is 0.493 e. The number of methoxy groups -OCH3 is 1. The van der Waals surface area contributed by atoms with E-state index < -0.39 is 35.9 Å². The van der Waals surface area contributed by atoms with E-state index in [1.54, 1.807) is 30.3 Å². The summed E-state index contributed by atoms with van der Waals surface area (Å²) in [6, 6.07) is 8.41. The number of aliphatic hydroxyl groups excluding tert-OH is 3. The number of hydrogen-bond acceptors (Lipinski definition) is 7. The predicted octanol–water partition coefficient (Wildman–Crippen LogP) is 2.02. The highest BCUT2D eigenvalue weighted by atomic mass is 19.1. The highest BCUT2D eigenvalue weighted by molar-refractivity contribution is 5.96. The number of amides is 2. The van der Waals surface area contributed by atoms with E-state index in [0.717, 1.165) is 0 Å². The number of hydrogen-bond donors (Lipinski definition) is 4. The Morgan fingerprint density at radius 2 is 1.95 bits per heavy atom. The number of fused-ring (bicyclic) bond motifs is 3. The van der Waals surface area contributed by atoms with E-state index in [1.807, 2.05) is 13.8 Å². The first-order chi connectivity index (χ1) is 18.7. The monoisotopic (exact) mass is 542 g/mol. The molecule has 1 aliphatic heterocycles. The molecular formula is C29H35FN2O7. The second-order valence-electron chi connectivity index (χ2n) is 10.2. The molecule has 0 saturated heterocycles. The zero-order valence-corrected chi connectivity index (χ0v) is 22.3. The molecule has 2 aromatic rings. The van der Waals surface area contributed by atoms with E-state index in [1.165, 1.54) is 24.2 Å². The van der Waals surface area contributed by atoms with Crippen molar-refractivity contribution >= 4 is 11.8 Å². The van der Waals surface area contributed by atoms with E-state index in [2.05, 4.69) is 5.32 Å². The fourth-order valence-electron chi connectivity index (χ4n) is 5.26. The van der Waals surface area contributed by atoms with Crippen LogP contribution in [-0.2, 0) is 22.7 Å². The van der Waals surface area contributed by atoms with Crippen molar-refractivity contribution in [3.8, 4) is 11.5 Å². The summed E-state index contributed by atoms with van der Waals surface area (Å²) in [6.45, 7) is 3.10. The normalized spacial score (nSPS) is 21.5. The van der Waals surface area contributed by atoms with Crippen LogP contribution in [0, 0.1) is 11.7 Å². The fraction of sp³-hybridized carbons (Fsp3) is 0.448. The lowest BCUT2D eigenvalue weighted by Crippen LogP contribution is -2.55. The summed E-state index contributed by atoms with van der Waals surface area (Å²) < 4.78 is 26.3. The van der Waals surface area contributed by atoms with E-state index in [9.17, 15) is 29.3 Å². The number of nitrogens with zero attached hydrogens (tertiary/aromatic N) is 1. The van der Waals surface area contributed by atoms with Gasteiger partial charge in [-0.05, 0) is 35.8 Å². The van der Waals surface area contributed by atoms with Crippen molar-refractivity contribution in [2.45, 2.75) is 57.6 Å². The van der Waals surface area contributed by atoms with Crippen LogP contribution in [0.1, 0.15) is 42.9 Å². The molecule has 4 unspecified atom stereocenters. The minimum Gasteiger partial charge on any atom is -0.493 e. The van der Waals surface area contributed by atoms with Crippen LogP contribution >= 0.6 is 0 Å². The van der Waals surface area contributed by atoms with Crippen LogP contribution in [-0.4, -0.2) is 70.5 Å². The SMILES string of the molecule is COc1cc(CO)cc2c1OC1C2C(C(=O)NCCO)=CC(N(Cc2ccccc2F)C(=O)CC(C)C)C1O. The molecule has 0 fully saturated rings. The Bertz CT molecular complexity index is 1250. The van der Waals surface area contributed by atoms with Gasteiger partial charge in [-0.15, -0.1) is 0 Å². The first kappa shape index (κ1) is 28.5.